The summed E-state index contributed by atoms with van der Waals surface area (Å²) in [7, 11) is 0. The van der Waals surface area contributed by atoms with Crippen LogP contribution >= 0.6 is 0 Å². The number of para-hydroxylation sites is 4. The van der Waals surface area contributed by atoms with Gasteiger partial charge in [0.25, 0.3) is 0 Å². The second-order valence-electron chi connectivity index (χ2n) is 13.5. The Balaban J connectivity index is 1.38. The normalized spacial score (nSPS) is 18.5. The van der Waals surface area contributed by atoms with Gasteiger partial charge in [0, 0.05) is 38.8 Å². The average molecular weight is 740 g/mol. The molecule has 0 atom stereocenters. The fourth-order valence-corrected chi connectivity index (χ4v) is 7.20. The van der Waals surface area contributed by atoms with Gasteiger partial charge in [0.1, 0.15) is 49.4 Å². The first-order valence-corrected chi connectivity index (χ1v) is 19.4. The van der Waals surface area contributed by atoms with Gasteiger partial charge in [0.2, 0.25) is 0 Å². The van der Waals surface area contributed by atoms with Gasteiger partial charge in [-0.05, 0) is 44.5 Å². The van der Waals surface area contributed by atoms with E-state index in [4.69, 9.17) is 42.6 Å². The molecule has 0 amide bonds. The highest BCUT2D eigenvalue weighted by molar-refractivity contribution is 5.56. The van der Waals surface area contributed by atoms with E-state index in [1.165, 1.54) is 0 Å². The lowest BCUT2D eigenvalue weighted by Gasteiger charge is -2.23. The number of nitrogens with one attached hydrogen (secondary N) is 1. The van der Waals surface area contributed by atoms with E-state index >= 15 is 0 Å². The summed E-state index contributed by atoms with van der Waals surface area (Å²) in [6.07, 6.45) is 2.47. The molecule has 0 radical (unpaired) electrons. The molecule has 0 saturated carbocycles. The summed E-state index contributed by atoms with van der Waals surface area (Å²) in [5.74, 6) is 3.46. The molecule has 54 heavy (non-hydrogen) atoms. The molecule has 288 valence electrons. The predicted octanol–water partition coefficient (Wildman–Crippen LogP) is 5.58. The van der Waals surface area contributed by atoms with Gasteiger partial charge >= 0.3 is 0 Å². The smallest absolute Gasteiger partial charge is 0.126 e. The molecule has 4 aromatic carbocycles. The minimum atomic E-state index is 0.404. The van der Waals surface area contributed by atoms with Crippen LogP contribution in [-0.4, -0.2) is 106 Å². The molecular weight excluding hydrogens is 686 g/mol. The van der Waals surface area contributed by atoms with Crippen molar-refractivity contribution in [2.45, 2.75) is 25.7 Å². The third-order valence-electron chi connectivity index (χ3n) is 9.72. The van der Waals surface area contributed by atoms with Gasteiger partial charge in [-0.1, -0.05) is 72.8 Å². The van der Waals surface area contributed by atoms with E-state index in [-0.39, 0.29) is 0 Å². The van der Waals surface area contributed by atoms with Crippen molar-refractivity contribution >= 4 is 0 Å². The first-order chi connectivity index (χ1) is 26.8. The number of ether oxygens (including phenoxy) is 9. The van der Waals surface area contributed by atoms with Crippen molar-refractivity contribution in [3.05, 3.63) is 117 Å². The molecule has 4 aromatic rings. The molecule has 1 aliphatic carbocycles. The van der Waals surface area contributed by atoms with Crippen LogP contribution in [0.25, 0.3) is 0 Å². The number of rotatable bonds is 0. The summed E-state index contributed by atoms with van der Waals surface area (Å²) >= 11 is 0. The largest absolute Gasteiger partial charge is 0.491 e. The molecule has 10 heteroatoms. The zero-order valence-corrected chi connectivity index (χ0v) is 31.2. The summed E-state index contributed by atoms with van der Waals surface area (Å²) in [6.45, 7) is 8.06. The highest BCUT2D eigenvalue weighted by atomic mass is 16.6. The molecule has 0 spiro atoms. The van der Waals surface area contributed by atoms with Crippen LogP contribution in [0.3, 0.4) is 0 Å². The van der Waals surface area contributed by atoms with Crippen molar-refractivity contribution in [2.75, 3.05) is 106 Å². The molecule has 2 aliphatic heterocycles. The molecule has 10 nitrogen and oxygen atoms in total. The SMILES string of the molecule is c1cc2c3c(c1)Cc1cccc4c1OCCOCCOCCOCCOc1c(cccc1Cc1cccc(c1OCCOCCNCCOCCO3)C4)C2. The molecule has 7 rings (SSSR count). The van der Waals surface area contributed by atoms with Crippen LogP contribution < -0.4 is 24.3 Å². The highest BCUT2D eigenvalue weighted by Crippen LogP contribution is 2.39. The lowest BCUT2D eigenvalue weighted by molar-refractivity contribution is 0.00484. The Morgan fingerprint density at radius 2 is 0.500 bits per heavy atom. The molecule has 0 fully saturated rings. The Morgan fingerprint density at radius 1 is 0.278 bits per heavy atom. The first kappa shape index (κ1) is 38.1. The average Bonchev–Trinajstić information content (AvgIpc) is 3.17. The van der Waals surface area contributed by atoms with Crippen LogP contribution in [0.15, 0.2) is 72.8 Å². The van der Waals surface area contributed by atoms with E-state index in [9.17, 15) is 0 Å². The maximum absolute atomic E-state index is 6.68. The summed E-state index contributed by atoms with van der Waals surface area (Å²) in [5.41, 5.74) is 8.64. The van der Waals surface area contributed by atoms with Gasteiger partial charge in [-0.2, -0.15) is 0 Å². The van der Waals surface area contributed by atoms with E-state index in [2.05, 4.69) is 78.1 Å². The lowest BCUT2D eigenvalue weighted by atomic mass is 9.91. The second-order valence-corrected chi connectivity index (χ2v) is 13.5. The van der Waals surface area contributed by atoms with Crippen LogP contribution in [0.2, 0.25) is 0 Å². The van der Waals surface area contributed by atoms with Gasteiger partial charge in [0.15, 0.2) is 0 Å². The fourth-order valence-electron chi connectivity index (χ4n) is 7.20. The Hall–Kier alpha value is -4.16. The van der Waals surface area contributed by atoms with Crippen LogP contribution in [0.4, 0.5) is 0 Å². The first-order valence-electron chi connectivity index (χ1n) is 19.4. The molecule has 0 saturated heterocycles. The van der Waals surface area contributed by atoms with E-state index in [0.29, 0.717) is 118 Å². The lowest BCUT2D eigenvalue weighted by Crippen LogP contribution is -2.25. The monoisotopic (exact) mass is 739 g/mol. The molecule has 1 N–H and O–H groups in total. The highest BCUT2D eigenvalue weighted by Gasteiger charge is 2.22. The van der Waals surface area contributed by atoms with Gasteiger partial charge in [-0.15, -0.1) is 0 Å². The maximum Gasteiger partial charge on any atom is 0.126 e. The van der Waals surface area contributed by atoms with Gasteiger partial charge in [0.05, 0.1) is 66.1 Å². The molecule has 12 bridgehead atoms. The van der Waals surface area contributed by atoms with E-state index in [0.717, 1.165) is 80.6 Å². The molecular formula is C44H53NO9. The summed E-state index contributed by atoms with van der Waals surface area (Å²) < 4.78 is 56.2. The van der Waals surface area contributed by atoms with Crippen molar-refractivity contribution in [1.29, 1.82) is 0 Å². The zero-order chi connectivity index (χ0) is 36.6. The molecule has 0 unspecified atom stereocenters. The minimum absolute atomic E-state index is 0.404. The Morgan fingerprint density at radius 3 is 0.759 bits per heavy atom. The van der Waals surface area contributed by atoms with E-state index < -0.39 is 0 Å². The second kappa shape index (κ2) is 20.5. The Kier molecular flexibility index (Phi) is 14.5. The quantitative estimate of drug-likeness (QED) is 0.217. The zero-order valence-electron chi connectivity index (χ0n) is 31.2. The summed E-state index contributed by atoms with van der Waals surface area (Å²) in [5, 5.41) is 3.40. The topological polar surface area (TPSA) is 95.1 Å². The number of hydrogen-bond donors (Lipinski definition) is 1. The standard InChI is InChI=1S/C44H53NO9/c1-5-33-29-37-9-3-11-39-31-35-7-2-8-36-32-40-12-4-10-38(44(40)54-28-24-50-20-18-48-17-19-49-23-27-53-43(37)39)30-34(6-1)41(33)51-25-21-46-15-13-45-14-16-47-22-26-52-42(35)36/h1-12,45H,13-32H2. The van der Waals surface area contributed by atoms with Crippen molar-refractivity contribution in [2.24, 2.45) is 0 Å². The third-order valence-corrected chi connectivity index (χ3v) is 9.72. The summed E-state index contributed by atoms with van der Waals surface area (Å²) in [4.78, 5) is 0. The molecule has 0 aromatic heterocycles. The fraction of sp³-hybridized carbons (Fsp3) is 0.455. The van der Waals surface area contributed by atoms with Crippen molar-refractivity contribution in [3.8, 4) is 23.0 Å². The van der Waals surface area contributed by atoms with Crippen molar-refractivity contribution in [1.82, 2.24) is 5.32 Å². The van der Waals surface area contributed by atoms with Crippen LogP contribution in [0, 0.1) is 0 Å². The molecule has 3 aliphatic rings. The molecule has 2 heterocycles. The third kappa shape index (κ3) is 10.5. The van der Waals surface area contributed by atoms with Gasteiger partial charge in [-0.25, -0.2) is 0 Å². The van der Waals surface area contributed by atoms with Crippen LogP contribution in [0.1, 0.15) is 44.5 Å². The van der Waals surface area contributed by atoms with E-state index in [1.807, 2.05) is 0 Å². The van der Waals surface area contributed by atoms with E-state index in [1.54, 1.807) is 0 Å². The van der Waals surface area contributed by atoms with Crippen LogP contribution in [-0.2, 0) is 49.4 Å². The van der Waals surface area contributed by atoms with Crippen molar-refractivity contribution in [3.63, 3.8) is 0 Å². The van der Waals surface area contributed by atoms with Gasteiger partial charge in [-0.3, -0.25) is 0 Å². The van der Waals surface area contributed by atoms with Crippen LogP contribution in [0.5, 0.6) is 23.0 Å². The number of hydrogen-bond acceptors (Lipinski definition) is 10. The Bertz CT molecular complexity index is 1440. The number of benzene rings is 4. The Labute approximate surface area is 318 Å². The maximum atomic E-state index is 6.68. The van der Waals surface area contributed by atoms with Crippen molar-refractivity contribution < 1.29 is 42.6 Å². The van der Waals surface area contributed by atoms with Gasteiger partial charge < -0.3 is 47.9 Å². The predicted molar refractivity (Wildman–Crippen MR) is 206 cm³/mol. The summed E-state index contributed by atoms with van der Waals surface area (Å²) in [6, 6.07) is 25.8. The minimum Gasteiger partial charge on any atom is -0.491 e.